The van der Waals surface area contributed by atoms with E-state index in [9.17, 15) is 0 Å². The zero-order valence-corrected chi connectivity index (χ0v) is 14.3. The number of rotatable bonds is 5. The van der Waals surface area contributed by atoms with Gasteiger partial charge in [-0.3, -0.25) is 0 Å². The van der Waals surface area contributed by atoms with Gasteiger partial charge in [-0.05, 0) is 53.0 Å². The molecule has 1 aliphatic carbocycles. The van der Waals surface area contributed by atoms with E-state index in [0.29, 0.717) is 12.0 Å². The van der Waals surface area contributed by atoms with Gasteiger partial charge < -0.3 is 10.1 Å². The largest absolute Gasteiger partial charge is 0.369 e. The second-order valence-corrected chi connectivity index (χ2v) is 8.18. The summed E-state index contributed by atoms with van der Waals surface area (Å²) in [5.74, 6) is 1.58. The fraction of sp³-hybridized carbons (Fsp3) is 1.00. The summed E-state index contributed by atoms with van der Waals surface area (Å²) in [4.78, 5) is 0. The second-order valence-electron chi connectivity index (χ2n) is 8.18. The van der Waals surface area contributed by atoms with Gasteiger partial charge in [-0.15, -0.1) is 0 Å². The highest BCUT2D eigenvalue weighted by Crippen LogP contribution is 2.45. The van der Waals surface area contributed by atoms with E-state index in [-0.39, 0.29) is 11.2 Å². The molecule has 1 N–H and O–H groups in total. The highest BCUT2D eigenvalue weighted by Gasteiger charge is 2.49. The van der Waals surface area contributed by atoms with Crippen LogP contribution in [0, 0.1) is 11.8 Å². The van der Waals surface area contributed by atoms with Gasteiger partial charge in [0, 0.05) is 12.0 Å². The SMILES string of the molecule is CCNC(CC1CCCCC1)C1CC(C)(C)OC1(C)C. The molecule has 2 unspecified atom stereocenters. The van der Waals surface area contributed by atoms with E-state index in [1.54, 1.807) is 0 Å². The Hall–Kier alpha value is -0.0800. The molecular weight excluding hydrogens is 246 g/mol. The highest BCUT2D eigenvalue weighted by molar-refractivity contribution is 5.00. The molecular formula is C18H35NO. The van der Waals surface area contributed by atoms with Crippen LogP contribution in [0.3, 0.4) is 0 Å². The fourth-order valence-electron chi connectivity index (χ4n) is 4.67. The summed E-state index contributed by atoms with van der Waals surface area (Å²) in [5.41, 5.74) is 0.0411. The topological polar surface area (TPSA) is 21.3 Å². The average Bonchev–Trinajstić information content (AvgIpc) is 2.58. The van der Waals surface area contributed by atoms with Crippen molar-refractivity contribution in [1.82, 2.24) is 5.32 Å². The lowest BCUT2D eigenvalue weighted by Crippen LogP contribution is -2.45. The third-order valence-electron chi connectivity index (χ3n) is 5.41. The van der Waals surface area contributed by atoms with Crippen molar-refractivity contribution in [3.8, 4) is 0 Å². The maximum Gasteiger partial charge on any atom is 0.0677 e. The Morgan fingerprint density at radius 1 is 1.10 bits per heavy atom. The van der Waals surface area contributed by atoms with Crippen LogP contribution in [0.1, 0.15) is 79.6 Å². The molecule has 2 nitrogen and oxygen atoms in total. The molecule has 0 amide bonds. The molecule has 1 heterocycles. The zero-order chi connectivity index (χ0) is 14.8. The van der Waals surface area contributed by atoms with E-state index in [1.165, 1.54) is 44.9 Å². The lowest BCUT2D eigenvalue weighted by Gasteiger charge is -2.36. The second kappa shape index (κ2) is 6.36. The van der Waals surface area contributed by atoms with Gasteiger partial charge in [0.05, 0.1) is 11.2 Å². The van der Waals surface area contributed by atoms with Crippen molar-refractivity contribution in [2.75, 3.05) is 6.54 Å². The van der Waals surface area contributed by atoms with Crippen molar-refractivity contribution >= 4 is 0 Å². The first kappa shape index (κ1) is 16.3. The van der Waals surface area contributed by atoms with Gasteiger partial charge in [0.2, 0.25) is 0 Å². The van der Waals surface area contributed by atoms with E-state index in [2.05, 4.69) is 39.9 Å². The Morgan fingerprint density at radius 2 is 1.75 bits per heavy atom. The minimum atomic E-state index is 0.00496. The van der Waals surface area contributed by atoms with Gasteiger partial charge in [-0.25, -0.2) is 0 Å². The zero-order valence-electron chi connectivity index (χ0n) is 14.3. The van der Waals surface area contributed by atoms with Crippen molar-refractivity contribution in [3.05, 3.63) is 0 Å². The molecule has 1 aliphatic heterocycles. The lowest BCUT2D eigenvalue weighted by molar-refractivity contribution is -0.0783. The molecule has 1 saturated carbocycles. The molecule has 0 aromatic heterocycles. The predicted molar refractivity (Wildman–Crippen MR) is 86.0 cm³/mol. The van der Waals surface area contributed by atoms with Crippen LogP contribution in [0.4, 0.5) is 0 Å². The lowest BCUT2D eigenvalue weighted by atomic mass is 9.75. The fourth-order valence-corrected chi connectivity index (χ4v) is 4.67. The van der Waals surface area contributed by atoms with Gasteiger partial charge in [0.15, 0.2) is 0 Å². The third kappa shape index (κ3) is 3.98. The van der Waals surface area contributed by atoms with Gasteiger partial charge in [-0.1, -0.05) is 39.0 Å². The van der Waals surface area contributed by atoms with Gasteiger partial charge in [0.25, 0.3) is 0 Å². The van der Waals surface area contributed by atoms with E-state index in [0.717, 1.165) is 12.5 Å². The van der Waals surface area contributed by atoms with Crippen molar-refractivity contribution in [1.29, 1.82) is 0 Å². The molecule has 2 fully saturated rings. The van der Waals surface area contributed by atoms with Crippen LogP contribution in [-0.4, -0.2) is 23.8 Å². The molecule has 20 heavy (non-hydrogen) atoms. The van der Waals surface area contributed by atoms with Crippen LogP contribution < -0.4 is 5.32 Å². The number of nitrogens with one attached hydrogen (secondary N) is 1. The molecule has 1 saturated heterocycles. The first-order valence-corrected chi connectivity index (χ1v) is 8.77. The normalized spacial score (nSPS) is 31.4. The van der Waals surface area contributed by atoms with Crippen molar-refractivity contribution in [2.45, 2.75) is 96.8 Å². The molecule has 2 heteroatoms. The Balaban J connectivity index is 2.03. The highest BCUT2D eigenvalue weighted by atomic mass is 16.5. The van der Waals surface area contributed by atoms with E-state index >= 15 is 0 Å². The van der Waals surface area contributed by atoms with Crippen LogP contribution in [-0.2, 0) is 4.74 Å². The smallest absolute Gasteiger partial charge is 0.0677 e. The van der Waals surface area contributed by atoms with E-state index in [1.807, 2.05) is 0 Å². The predicted octanol–water partition coefficient (Wildman–Crippen LogP) is 4.53. The Labute approximate surface area is 126 Å². The molecule has 0 spiro atoms. The molecule has 2 atom stereocenters. The molecule has 0 bridgehead atoms. The van der Waals surface area contributed by atoms with Gasteiger partial charge in [0.1, 0.15) is 0 Å². The molecule has 0 aromatic rings. The van der Waals surface area contributed by atoms with Crippen molar-refractivity contribution in [2.24, 2.45) is 11.8 Å². The average molecular weight is 281 g/mol. The molecule has 118 valence electrons. The monoisotopic (exact) mass is 281 g/mol. The molecule has 0 aromatic carbocycles. The maximum absolute atomic E-state index is 6.33. The van der Waals surface area contributed by atoms with E-state index in [4.69, 9.17) is 4.74 Å². The minimum absolute atomic E-state index is 0.00496. The van der Waals surface area contributed by atoms with Crippen LogP contribution in [0.25, 0.3) is 0 Å². The van der Waals surface area contributed by atoms with E-state index < -0.39 is 0 Å². The molecule has 2 rings (SSSR count). The van der Waals surface area contributed by atoms with Crippen molar-refractivity contribution < 1.29 is 4.74 Å². The summed E-state index contributed by atoms with van der Waals surface area (Å²) in [6.07, 6.45) is 9.76. The molecule has 2 aliphatic rings. The third-order valence-corrected chi connectivity index (χ3v) is 5.41. The summed E-state index contributed by atoms with van der Waals surface area (Å²) in [6, 6.07) is 0.625. The number of hydrogen-bond acceptors (Lipinski definition) is 2. The van der Waals surface area contributed by atoms with Crippen molar-refractivity contribution in [3.63, 3.8) is 0 Å². The molecule has 0 radical (unpaired) electrons. The summed E-state index contributed by atoms with van der Waals surface area (Å²) in [6.45, 7) is 12.4. The van der Waals surface area contributed by atoms with Crippen LogP contribution >= 0.6 is 0 Å². The van der Waals surface area contributed by atoms with Crippen LogP contribution in [0.2, 0.25) is 0 Å². The first-order valence-electron chi connectivity index (χ1n) is 8.77. The summed E-state index contributed by atoms with van der Waals surface area (Å²) < 4.78 is 6.33. The number of hydrogen-bond donors (Lipinski definition) is 1. The summed E-state index contributed by atoms with van der Waals surface area (Å²) >= 11 is 0. The Bertz CT molecular complexity index is 305. The standard InChI is InChI=1S/C18H35NO/c1-6-19-16(12-14-10-8-7-9-11-14)15-13-17(2,3)20-18(15,4)5/h14-16,19H,6-13H2,1-5H3. The Kier molecular flexibility index (Phi) is 5.18. The Morgan fingerprint density at radius 3 is 2.25 bits per heavy atom. The van der Waals surface area contributed by atoms with Crippen LogP contribution in [0.5, 0.6) is 0 Å². The first-order chi connectivity index (χ1) is 9.34. The quantitative estimate of drug-likeness (QED) is 0.799. The van der Waals surface area contributed by atoms with Crippen LogP contribution in [0.15, 0.2) is 0 Å². The van der Waals surface area contributed by atoms with Gasteiger partial charge >= 0.3 is 0 Å². The maximum atomic E-state index is 6.33. The number of ether oxygens (including phenoxy) is 1. The summed E-state index contributed by atoms with van der Waals surface area (Å²) in [7, 11) is 0. The van der Waals surface area contributed by atoms with Gasteiger partial charge in [-0.2, -0.15) is 0 Å². The summed E-state index contributed by atoms with van der Waals surface area (Å²) in [5, 5.41) is 3.79. The minimum Gasteiger partial charge on any atom is -0.369 e.